The maximum Gasteiger partial charge on any atom is 0.262 e. The summed E-state index contributed by atoms with van der Waals surface area (Å²) in [6.07, 6.45) is 0.872. The van der Waals surface area contributed by atoms with E-state index in [1.165, 1.54) is 5.56 Å². The summed E-state index contributed by atoms with van der Waals surface area (Å²) in [4.78, 5) is 12.1. The summed E-state index contributed by atoms with van der Waals surface area (Å²) in [6.45, 7) is 8.52. The molecule has 1 amide bonds. The lowest BCUT2D eigenvalue weighted by molar-refractivity contribution is -0.118. The van der Waals surface area contributed by atoms with Gasteiger partial charge >= 0.3 is 0 Å². The summed E-state index contributed by atoms with van der Waals surface area (Å²) in [5, 5.41) is 2.91. The Balaban J connectivity index is 1.99. The first-order valence-corrected chi connectivity index (χ1v) is 8.91. The number of anilines is 1. The Morgan fingerprint density at radius 2 is 1.88 bits per heavy atom. The SMILES string of the molecule is CCc1ccccc1NC(=O)COc1ccc(C(C)(C)C)cc1Br. The smallest absolute Gasteiger partial charge is 0.262 e. The minimum Gasteiger partial charge on any atom is -0.483 e. The van der Waals surface area contributed by atoms with Crippen LogP contribution in [0.2, 0.25) is 0 Å². The van der Waals surface area contributed by atoms with Crippen molar-refractivity contribution < 1.29 is 9.53 Å². The van der Waals surface area contributed by atoms with Crippen molar-refractivity contribution >= 4 is 27.5 Å². The van der Waals surface area contributed by atoms with E-state index in [-0.39, 0.29) is 17.9 Å². The average molecular weight is 390 g/mol. The van der Waals surface area contributed by atoms with Crippen LogP contribution in [0.15, 0.2) is 46.9 Å². The van der Waals surface area contributed by atoms with Crippen molar-refractivity contribution in [1.82, 2.24) is 0 Å². The first-order chi connectivity index (χ1) is 11.3. The van der Waals surface area contributed by atoms with Gasteiger partial charge < -0.3 is 10.1 Å². The molecule has 24 heavy (non-hydrogen) atoms. The molecule has 0 aliphatic rings. The topological polar surface area (TPSA) is 38.3 Å². The lowest BCUT2D eigenvalue weighted by atomic mass is 9.87. The van der Waals surface area contributed by atoms with E-state index in [1.807, 2.05) is 42.5 Å². The summed E-state index contributed by atoms with van der Waals surface area (Å²) in [6, 6.07) is 13.8. The summed E-state index contributed by atoms with van der Waals surface area (Å²) in [5.74, 6) is 0.504. The second-order valence-corrected chi connectivity index (χ2v) is 7.60. The van der Waals surface area contributed by atoms with E-state index >= 15 is 0 Å². The molecule has 3 nitrogen and oxygen atoms in total. The third-order valence-corrected chi connectivity index (χ3v) is 4.45. The minimum absolute atomic E-state index is 0.0223. The molecule has 0 bridgehead atoms. The second-order valence-electron chi connectivity index (χ2n) is 6.74. The van der Waals surface area contributed by atoms with E-state index in [0.717, 1.165) is 22.1 Å². The molecule has 0 saturated carbocycles. The predicted molar refractivity (Wildman–Crippen MR) is 103 cm³/mol. The van der Waals surface area contributed by atoms with E-state index < -0.39 is 0 Å². The monoisotopic (exact) mass is 389 g/mol. The average Bonchev–Trinajstić information content (AvgIpc) is 2.53. The number of carbonyl (C=O) groups excluding carboxylic acids is 1. The molecule has 0 aliphatic carbocycles. The van der Waals surface area contributed by atoms with Gasteiger partial charge in [-0.15, -0.1) is 0 Å². The number of hydrogen-bond acceptors (Lipinski definition) is 2. The van der Waals surface area contributed by atoms with Gasteiger partial charge in [-0.1, -0.05) is 52.0 Å². The summed E-state index contributed by atoms with van der Waals surface area (Å²) in [7, 11) is 0. The molecule has 0 radical (unpaired) electrons. The first kappa shape index (κ1) is 18.5. The molecular formula is C20H24BrNO2. The molecule has 1 N–H and O–H groups in total. The highest BCUT2D eigenvalue weighted by Crippen LogP contribution is 2.31. The van der Waals surface area contributed by atoms with Gasteiger partial charge in [0.15, 0.2) is 6.61 Å². The Labute approximate surface area is 152 Å². The quantitative estimate of drug-likeness (QED) is 0.750. The number of aryl methyl sites for hydroxylation is 1. The largest absolute Gasteiger partial charge is 0.483 e. The van der Waals surface area contributed by atoms with Gasteiger partial charge in [0.05, 0.1) is 4.47 Å². The lowest BCUT2D eigenvalue weighted by Crippen LogP contribution is -2.21. The number of nitrogens with one attached hydrogen (secondary N) is 1. The number of carbonyl (C=O) groups is 1. The van der Waals surface area contributed by atoms with Crippen molar-refractivity contribution in [2.45, 2.75) is 39.5 Å². The molecule has 0 fully saturated rings. The number of benzene rings is 2. The molecule has 2 rings (SSSR count). The van der Waals surface area contributed by atoms with Gasteiger partial charge in [-0.3, -0.25) is 4.79 Å². The fourth-order valence-electron chi connectivity index (χ4n) is 2.36. The van der Waals surface area contributed by atoms with Gasteiger partial charge in [0, 0.05) is 5.69 Å². The third-order valence-electron chi connectivity index (χ3n) is 3.83. The Morgan fingerprint density at radius 1 is 1.17 bits per heavy atom. The maximum atomic E-state index is 12.1. The van der Waals surface area contributed by atoms with Crippen molar-refractivity contribution in [3.05, 3.63) is 58.1 Å². The second kappa shape index (κ2) is 7.84. The van der Waals surface area contributed by atoms with Crippen LogP contribution < -0.4 is 10.1 Å². The Bertz CT molecular complexity index is 720. The summed E-state index contributed by atoms with van der Waals surface area (Å²) >= 11 is 3.52. The van der Waals surface area contributed by atoms with Crippen LogP contribution in [0.3, 0.4) is 0 Å². The lowest BCUT2D eigenvalue weighted by Gasteiger charge is -2.20. The normalized spacial score (nSPS) is 11.2. The van der Waals surface area contributed by atoms with Crippen LogP contribution in [0.5, 0.6) is 5.75 Å². The summed E-state index contributed by atoms with van der Waals surface area (Å²) in [5.41, 5.74) is 3.24. The Hall–Kier alpha value is -1.81. The maximum absolute atomic E-state index is 12.1. The predicted octanol–water partition coefficient (Wildman–Crippen LogP) is 5.33. The van der Waals surface area contributed by atoms with Crippen LogP contribution in [-0.4, -0.2) is 12.5 Å². The van der Waals surface area contributed by atoms with Crippen molar-refractivity contribution in [2.75, 3.05) is 11.9 Å². The third kappa shape index (κ3) is 4.84. The van der Waals surface area contributed by atoms with Crippen molar-refractivity contribution in [1.29, 1.82) is 0 Å². The molecule has 0 aliphatic heterocycles. The highest BCUT2D eigenvalue weighted by Gasteiger charge is 2.15. The van der Waals surface area contributed by atoms with Crippen LogP contribution >= 0.6 is 15.9 Å². The number of ether oxygens (including phenoxy) is 1. The number of para-hydroxylation sites is 1. The van der Waals surface area contributed by atoms with Gasteiger partial charge in [-0.05, 0) is 57.1 Å². The van der Waals surface area contributed by atoms with Crippen LogP contribution in [0.4, 0.5) is 5.69 Å². The van der Waals surface area contributed by atoms with Crippen molar-refractivity contribution in [3.63, 3.8) is 0 Å². The van der Waals surface area contributed by atoms with E-state index in [2.05, 4.69) is 48.9 Å². The highest BCUT2D eigenvalue weighted by atomic mass is 79.9. The fourth-order valence-corrected chi connectivity index (χ4v) is 2.86. The van der Waals surface area contributed by atoms with Crippen LogP contribution in [0, 0.1) is 0 Å². The molecule has 0 saturated heterocycles. The van der Waals surface area contributed by atoms with Gasteiger partial charge in [0.1, 0.15) is 5.75 Å². The fraction of sp³-hybridized carbons (Fsp3) is 0.350. The molecule has 0 spiro atoms. The standard InChI is InChI=1S/C20H24BrNO2/c1-5-14-8-6-7-9-17(14)22-19(23)13-24-18-11-10-15(12-16(18)21)20(2,3)4/h6-12H,5,13H2,1-4H3,(H,22,23). The zero-order chi connectivity index (χ0) is 17.7. The van der Waals surface area contributed by atoms with Crippen LogP contribution in [0.1, 0.15) is 38.8 Å². The number of halogens is 1. The summed E-state index contributed by atoms with van der Waals surface area (Å²) < 4.78 is 6.51. The van der Waals surface area contributed by atoms with E-state index in [0.29, 0.717) is 5.75 Å². The molecular weight excluding hydrogens is 366 g/mol. The van der Waals surface area contributed by atoms with Crippen LogP contribution in [-0.2, 0) is 16.6 Å². The van der Waals surface area contributed by atoms with Gasteiger partial charge in [-0.2, -0.15) is 0 Å². The highest BCUT2D eigenvalue weighted by molar-refractivity contribution is 9.10. The molecule has 128 valence electrons. The van der Waals surface area contributed by atoms with Crippen LogP contribution in [0.25, 0.3) is 0 Å². The number of amides is 1. The van der Waals surface area contributed by atoms with Gasteiger partial charge in [0.25, 0.3) is 5.91 Å². The number of hydrogen-bond donors (Lipinski definition) is 1. The van der Waals surface area contributed by atoms with E-state index in [4.69, 9.17) is 4.74 Å². The molecule has 0 atom stereocenters. The molecule has 0 heterocycles. The molecule has 2 aromatic rings. The van der Waals surface area contributed by atoms with Crippen molar-refractivity contribution in [3.8, 4) is 5.75 Å². The zero-order valence-corrected chi connectivity index (χ0v) is 16.2. The first-order valence-electron chi connectivity index (χ1n) is 8.12. The molecule has 2 aromatic carbocycles. The minimum atomic E-state index is -0.164. The number of rotatable bonds is 5. The Kier molecular flexibility index (Phi) is 6.05. The van der Waals surface area contributed by atoms with Gasteiger partial charge in [-0.25, -0.2) is 0 Å². The zero-order valence-electron chi connectivity index (χ0n) is 14.7. The molecule has 4 heteroatoms. The molecule has 0 aromatic heterocycles. The Morgan fingerprint density at radius 3 is 2.50 bits per heavy atom. The molecule has 0 unspecified atom stereocenters. The van der Waals surface area contributed by atoms with Crippen molar-refractivity contribution in [2.24, 2.45) is 0 Å². The van der Waals surface area contributed by atoms with E-state index in [1.54, 1.807) is 0 Å². The van der Waals surface area contributed by atoms with Gasteiger partial charge in [0.2, 0.25) is 0 Å². The van der Waals surface area contributed by atoms with E-state index in [9.17, 15) is 4.79 Å².